The molecule has 4 fully saturated rings. The van der Waals surface area contributed by atoms with E-state index in [0.29, 0.717) is 30.3 Å². The van der Waals surface area contributed by atoms with Gasteiger partial charge < -0.3 is 28.7 Å². The number of benzene rings is 1. The smallest absolute Gasteiger partial charge is 0.414 e. The molecule has 5 heterocycles. The molecule has 0 spiro atoms. The molecule has 2 unspecified atom stereocenters. The number of rotatable bonds is 6. The topological polar surface area (TPSA) is 107 Å². The zero-order chi connectivity index (χ0) is 25.0. The second kappa shape index (κ2) is 8.82. The minimum absolute atomic E-state index is 0.00359. The fraction of sp³-hybridized carbons (Fsp3) is 0.565. The van der Waals surface area contributed by atoms with Crippen molar-refractivity contribution >= 4 is 35.1 Å². The van der Waals surface area contributed by atoms with Crippen molar-refractivity contribution in [2.45, 2.75) is 50.3 Å². The van der Waals surface area contributed by atoms with Crippen molar-refractivity contribution in [1.82, 2.24) is 13.6 Å². The predicted molar refractivity (Wildman–Crippen MR) is 126 cm³/mol. The predicted octanol–water partition coefficient (Wildman–Crippen LogP) is 2.02. The number of amides is 2. The highest BCUT2D eigenvalue weighted by Gasteiger charge is 2.49. The molecule has 0 saturated carbocycles. The van der Waals surface area contributed by atoms with E-state index in [-0.39, 0.29) is 37.7 Å². The Balaban J connectivity index is 1.08. The standard InChI is InChI=1S/C23H26FN5O6S/c1-23(2)33-12-19(35-23)21(30)28-9-14-5-15(28)8-27(14)18-4-3-13(6-17(18)24)29-10-16(34-22(29)31)11-32-20-7-25-36-26-20/h3-4,6-7,14-16,19H,5,8-12H2,1-2H3/t14?,15?,16-,19+/m1/s1. The second-order valence-corrected chi connectivity index (χ2v) is 10.4. The van der Waals surface area contributed by atoms with Gasteiger partial charge in [-0.25, -0.2) is 9.18 Å². The SMILES string of the molecule is CC1(C)OC[C@@H](C(=O)N2CC3CC2CN3c2ccc(N3C[C@H](COc4cnsn4)OC3=O)cc2F)O1. The van der Waals surface area contributed by atoms with Crippen molar-refractivity contribution < 1.29 is 32.9 Å². The van der Waals surface area contributed by atoms with Crippen molar-refractivity contribution in [3.8, 4) is 5.88 Å². The summed E-state index contributed by atoms with van der Waals surface area (Å²) in [6, 6.07) is 4.77. The number of likely N-dealkylation sites (tertiary alicyclic amines) is 1. The van der Waals surface area contributed by atoms with Gasteiger partial charge in [-0.2, -0.15) is 4.37 Å². The van der Waals surface area contributed by atoms with E-state index in [1.54, 1.807) is 26.0 Å². The van der Waals surface area contributed by atoms with E-state index in [1.165, 1.54) is 17.2 Å². The van der Waals surface area contributed by atoms with Gasteiger partial charge in [0.1, 0.15) is 18.6 Å². The molecule has 192 valence electrons. The van der Waals surface area contributed by atoms with E-state index in [4.69, 9.17) is 18.9 Å². The summed E-state index contributed by atoms with van der Waals surface area (Å²) < 4.78 is 45.2. The number of carbonyl (C=O) groups is 2. The van der Waals surface area contributed by atoms with Gasteiger partial charge in [-0.15, -0.1) is 4.37 Å². The average molecular weight is 520 g/mol. The second-order valence-electron chi connectivity index (χ2n) is 9.81. The zero-order valence-corrected chi connectivity index (χ0v) is 20.6. The Labute approximate surface area is 211 Å². The molecule has 2 amide bonds. The Morgan fingerprint density at radius 2 is 2.14 bits per heavy atom. The molecule has 1 aromatic carbocycles. The third-order valence-electron chi connectivity index (χ3n) is 6.99. The summed E-state index contributed by atoms with van der Waals surface area (Å²) in [6.07, 6.45) is 0.614. The molecule has 4 saturated heterocycles. The van der Waals surface area contributed by atoms with Crippen molar-refractivity contribution in [2.75, 3.05) is 42.6 Å². The van der Waals surface area contributed by atoms with Crippen LogP contribution in [0.2, 0.25) is 0 Å². The number of piperazine rings is 1. The van der Waals surface area contributed by atoms with Gasteiger partial charge in [0.25, 0.3) is 5.91 Å². The monoisotopic (exact) mass is 519 g/mol. The van der Waals surface area contributed by atoms with E-state index in [9.17, 15) is 9.59 Å². The van der Waals surface area contributed by atoms with E-state index < -0.39 is 29.9 Å². The number of hydrogen-bond acceptors (Lipinski definition) is 10. The van der Waals surface area contributed by atoms with Crippen LogP contribution in [0.1, 0.15) is 20.3 Å². The summed E-state index contributed by atoms with van der Waals surface area (Å²) >= 11 is 1.03. The third kappa shape index (κ3) is 4.24. The molecule has 6 rings (SSSR count). The fourth-order valence-electron chi connectivity index (χ4n) is 5.34. The molecule has 0 radical (unpaired) electrons. The molecule has 4 aliphatic rings. The van der Waals surface area contributed by atoms with E-state index >= 15 is 4.39 Å². The summed E-state index contributed by atoms with van der Waals surface area (Å²) in [4.78, 5) is 30.6. The van der Waals surface area contributed by atoms with Crippen LogP contribution in [0.25, 0.3) is 0 Å². The van der Waals surface area contributed by atoms with Crippen molar-refractivity contribution in [3.63, 3.8) is 0 Å². The van der Waals surface area contributed by atoms with Gasteiger partial charge in [0.2, 0.25) is 5.88 Å². The van der Waals surface area contributed by atoms with Crippen LogP contribution in [-0.4, -0.2) is 88.6 Å². The van der Waals surface area contributed by atoms with Gasteiger partial charge in [-0.05, 0) is 38.5 Å². The molecule has 2 aromatic rings. The summed E-state index contributed by atoms with van der Waals surface area (Å²) in [5, 5.41) is 0. The van der Waals surface area contributed by atoms with Crippen LogP contribution in [0, 0.1) is 5.82 Å². The molecule has 36 heavy (non-hydrogen) atoms. The lowest BCUT2D eigenvalue weighted by Crippen LogP contribution is -2.52. The van der Waals surface area contributed by atoms with E-state index in [1.807, 2.05) is 9.80 Å². The van der Waals surface area contributed by atoms with Crippen molar-refractivity contribution in [2.24, 2.45) is 0 Å². The number of nitrogens with zero attached hydrogens (tertiary/aromatic N) is 5. The number of anilines is 2. The van der Waals surface area contributed by atoms with Gasteiger partial charge in [-0.3, -0.25) is 9.69 Å². The molecule has 0 aliphatic carbocycles. The summed E-state index contributed by atoms with van der Waals surface area (Å²) in [7, 11) is 0. The number of halogens is 1. The molecule has 13 heteroatoms. The normalized spacial score (nSPS) is 28.8. The first-order valence-corrected chi connectivity index (χ1v) is 12.6. The first kappa shape index (κ1) is 23.4. The number of cyclic esters (lactones) is 1. The van der Waals surface area contributed by atoms with Gasteiger partial charge >= 0.3 is 6.09 Å². The van der Waals surface area contributed by atoms with Crippen LogP contribution in [0.4, 0.5) is 20.6 Å². The van der Waals surface area contributed by atoms with Crippen molar-refractivity contribution in [1.29, 1.82) is 0 Å². The lowest BCUT2D eigenvalue weighted by molar-refractivity contribution is -0.160. The van der Waals surface area contributed by atoms with Crippen LogP contribution >= 0.6 is 11.7 Å². The molecule has 11 nitrogen and oxygen atoms in total. The molecule has 0 N–H and O–H groups in total. The van der Waals surface area contributed by atoms with E-state index in [2.05, 4.69) is 8.75 Å². The Morgan fingerprint density at radius 1 is 1.28 bits per heavy atom. The molecular weight excluding hydrogens is 493 g/mol. The number of ether oxygens (including phenoxy) is 4. The Hall–Kier alpha value is -3.03. The summed E-state index contributed by atoms with van der Waals surface area (Å²) in [6.45, 7) is 5.26. The van der Waals surface area contributed by atoms with Crippen LogP contribution in [-0.2, 0) is 19.0 Å². The molecule has 1 aromatic heterocycles. The number of fused-ring (bicyclic) bond motifs is 2. The van der Waals surface area contributed by atoms with Gasteiger partial charge in [0, 0.05) is 19.1 Å². The maximum absolute atomic E-state index is 15.2. The van der Waals surface area contributed by atoms with Crippen LogP contribution in [0.15, 0.2) is 24.4 Å². The first-order valence-electron chi connectivity index (χ1n) is 11.8. The number of aromatic nitrogens is 2. The largest absolute Gasteiger partial charge is 0.472 e. The summed E-state index contributed by atoms with van der Waals surface area (Å²) in [5.74, 6) is -0.879. The van der Waals surface area contributed by atoms with E-state index in [0.717, 1.165) is 18.1 Å². The maximum Gasteiger partial charge on any atom is 0.414 e. The lowest BCUT2D eigenvalue weighted by Gasteiger charge is -2.36. The Bertz CT molecular complexity index is 1170. The average Bonchev–Trinajstić information content (AvgIpc) is 3.66. The van der Waals surface area contributed by atoms with Gasteiger partial charge in [0.15, 0.2) is 18.0 Å². The van der Waals surface area contributed by atoms with Gasteiger partial charge in [-0.1, -0.05) is 0 Å². The molecular formula is C23H26FN5O6S. The highest BCUT2D eigenvalue weighted by Crippen LogP contribution is 2.38. The maximum atomic E-state index is 15.2. The quantitative estimate of drug-likeness (QED) is 0.567. The number of carbonyl (C=O) groups excluding carboxylic acids is 2. The summed E-state index contributed by atoms with van der Waals surface area (Å²) in [5.41, 5.74) is 0.879. The minimum atomic E-state index is -0.760. The first-order chi connectivity index (χ1) is 17.3. The highest BCUT2D eigenvalue weighted by atomic mass is 32.1. The fourth-order valence-corrected chi connectivity index (χ4v) is 5.70. The third-order valence-corrected chi connectivity index (χ3v) is 7.45. The lowest BCUT2D eigenvalue weighted by atomic mass is 10.2. The number of hydrogen-bond donors (Lipinski definition) is 0. The van der Waals surface area contributed by atoms with Crippen LogP contribution in [0.3, 0.4) is 0 Å². The van der Waals surface area contributed by atoms with Crippen LogP contribution < -0.4 is 14.5 Å². The minimum Gasteiger partial charge on any atom is -0.472 e. The van der Waals surface area contributed by atoms with Crippen molar-refractivity contribution in [3.05, 3.63) is 30.2 Å². The Morgan fingerprint density at radius 3 is 2.81 bits per heavy atom. The zero-order valence-electron chi connectivity index (χ0n) is 19.8. The Kier molecular flexibility index (Phi) is 5.73. The van der Waals surface area contributed by atoms with Crippen LogP contribution in [0.5, 0.6) is 5.88 Å². The highest BCUT2D eigenvalue weighted by molar-refractivity contribution is 6.99. The molecule has 4 atom stereocenters. The molecule has 2 bridgehead atoms. The van der Waals surface area contributed by atoms with Gasteiger partial charge in [0.05, 0.1) is 42.3 Å². The molecule has 4 aliphatic heterocycles.